The van der Waals surface area contributed by atoms with E-state index in [-0.39, 0.29) is 0 Å². The Hall–Kier alpha value is -0.140. The molecule has 0 aliphatic rings. The largest absolute Gasteiger partial charge is 0.331 e. The Bertz CT molecular complexity index is 484. The van der Waals surface area contributed by atoms with E-state index < -0.39 is 0 Å². The standard InChI is InChI=1S/C10H8BrIN2S/c1-6-2-3-7(4-8(6)12)13-10-14-9(11)5-15-10/h2-5H,1H3,(H,13,14). The molecule has 0 unspecified atom stereocenters. The molecule has 0 atom stereocenters. The Morgan fingerprint density at radius 1 is 1.47 bits per heavy atom. The van der Waals surface area contributed by atoms with E-state index in [1.807, 2.05) is 5.38 Å². The van der Waals surface area contributed by atoms with E-state index in [0.29, 0.717) is 0 Å². The predicted molar refractivity (Wildman–Crippen MR) is 77.0 cm³/mol. The summed E-state index contributed by atoms with van der Waals surface area (Å²) in [5.41, 5.74) is 2.37. The van der Waals surface area contributed by atoms with Gasteiger partial charge in [-0.3, -0.25) is 0 Å². The molecular formula is C10H8BrIN2S. The van der Waals surface area contributed by atoms with Gasteiger partial charge in [0, 0.05) is 14.6 Å². The molecule has 15 heavy (non-hydrogen) atoms. The molecule has 2 nitrogen and oxygen atoms in total. The predicted octanol–water partition coefficient (Wildman–Crippen LogP) is 4.56. The fourth-order valence-corrected chi connectivity index (χ4v) is 2.79. The van der Waals surface area contributed by atoms with Crippen LogP contribution in [-0.2, 0) is 0 Å². The van der Waals surface area contributed by atoms with E-state index in [1.165, 1.54) is 9.13 Å². The number of anilines is 2. The van der Waals surface area contributed by atoms with E-state index in [0.717, 1.165) is 15.4 Å². The van der Waals surface area contributed by atoms with Crippen LogP contribution in [0.4, 0.5) is 10.8 Å². The first-order chi connectivity index (χ1) is 7.15. The van der Waals surface area contributed by atoms with Crippen molar-refractivity contribution in [3.63, 3.8) is 0 Å². The summed E-state index contributed by atoms with van der Waals surface area (Å²) in [6.07, 6.45) is 0. The molecule has 78 valence electrons. The molecule has 1 aromatic carbocycles. The van der Waals surface area contributed by atoms with Gasteiger partial charge in [-0.2, -0.15) is 0 Å². The normalized spacial score (nSPS) is 10.3. The number of benzene rings is 1. The molecule has 1 N–H and O–H groups in total. The van der Waals surface area contributed by atoms with Crippen molar-refractivity contribution in [3.8, 4) is 0 Å². The third-order valence-electron chi connectivity index (χ3n) is 1.90. The summed E-state index contributed by atoms with van der Waals surface area (Å²) >= 11 is 7.24. The highest BCUT2D eigenvalue weighted by molar-refractivity contribution is 14.1. The summed E-state index contributed by atoms with van der Waals surface area (Å²) in [4.78, 5) is 4.28. The smallest absolute Gasteiger partial charge is 0.188 e. The van der Waals surface area contributed by atoms with E-state index >= 15 is 0 Å². The highest BCUT2D eigenvalue weighted by Crippen LogP contribution is 2.25. The zero-order valence-electron chi connectivity index (χ0n) is 7.92. The molecule has 0 saturated carbocycles. The van der Waals surface area contributed by atoms with Crippen molar-refractivity contribution in [3.05, 3.63) is 37.3 Å². The minimum atomic E-state index is 0.872. The van der Waals surface area contributed by atoms with Crippen LogP contribution < -0.4 is 5.32 Å². The highest BCUT2D eigenvalue weighted by atomic mass is 127. The molecule has 0 aliphatic carbocycles. The van der Waals surface area contributed by atoms with E-state index in [9.17, 15) is 0 Å². The molecule has 0 radical (unpaired) electrons. The summed E-state index contributed by atoms with van der Waals surface area (Å²) in [5, 5.41) is 6.13. The van der Waals surface area contributed by atoms with Crippen LogP contribution in [0.2, 0.25) is 0 Å². The summed E-state index contributed by atoms with van der Waals surface area (Å²) < 4.78 is 2.13. The lowest BCUT2D eigenvalue weighted by Crippen LogP contribution is -1.90. The van der Waals surface area contributed by atoms with E-state index in [4.69, 9.17) is 0 Å². The fraction of sp³-hybridized carbons (Fsp3) is 0.100. The van der Waals surface area contributed by atoms with Crippen LogP contribution in [0.5, 0.6) is 0 Å². The van der Waals surface area contributed by atoms with Crippen molar-refractivity contribution < 1.29 is 0 Å². The molecule has 5 heteroatoms. The zero-order valence-corrected chi connectivity index (χ0v) is 12.5. The SMILES string of the molecule is Cc1ccc(Nc2nc(Br)cs2)cc1I. The van der Waals surface area contributed by atoms with Crippen molar-refractivity contribution in [2.24, 2.45) is 0 Å². The average molecular weight is 395 g/mol. The van der Waals surface area contributed by atoms with Gasteiger partial charge in [0.25, 0.3) is 0 Å². The number of rotatable bonds is 2. The third-order valence-corrected chi connectivity index (χ3v) is 4.53. The van der Waals surface area contributed by atoms with Gasteiger partial charge in [-0.05, 0) is 63.1 Å². The summed E-state index contributed by atoms with van der Waals surface area (Å²) in [7, 11) is 0. The third kappa shape index (κ3) is 2.92. The number of aryl methyl sites for hydroxylation is 1. The zero-order chi connectivity index (χ0) is 10.8. The van der Waals surface area contributed by atoms with Gasteiger partial charge in [0.1, 0.15) is 4.60 Å². The van der Waals surface area contributed by atoms with Crippen LogP contribution in [-0.4, -0.2) is 4.98 Å². The quantitative estimate of drug-likeness (QED) is 0.755. The lowest BCUT2D eigenvalue weighted by atomic mass is 10.2. The number of hydrogen-bond acceptors (Lipinski definition) is 3. The van der Waals surface area contributed by atoms with Crippen molar-refractivity contribution in [1.82, 2.24) is 4.98 Å². The first-order valence-corrected chi connectivity index (χ1v) is 7.04. The van der Waals surface area contributed by atoms with E-state index in [2.05, 4.69) is 73.9 Å². The number of nitrogens with one attached hydrogen (secondary N) is 1. The fourth-order valence-electron chi connectivity index (χ4n) is 1.11. The minimum absolute atomic E-state index is 0.872. The summed E-state index contributed by atoms with van der Waals surface area (Å²) in [5.74, 6) is 0. The van der Waals surface area contributed by atoms with Crippen LogP contribution in [0, 0.1) is 10.5 Å². The van der Waals surface area contributed by atoms with Gasteiger partial charge >= 0.3 is 0 Å². The summed E-state index contributed by atoms with van der Waals surface area (Å²) in [6.45, 7) is 2.10. The molecule has 2 rings (SSSR count). The molecule has 0 fully saturated rings. The topological polar surface area (TPSA) is 24.9 Å². The van der Waals surface area contributed by atoms with Gasteiger partial charge in [-0.1, -0.05) is 6.07 Å². The van der Waals surface area contributed by atoms with Crippen LogP contribution in [0.25, 0.3) is 0 Å². The molecule has 0 spiro atoms. The highest BCUT2D eigenvalue weighted by Gasteiger charge is 2.01. The van der Waals surface area contributed by atoms with E-state index in [1.54, 1.807) is 11.3 Å². The van der Waals surface area contributed by atoms with Crippen molar-refractivity contribution in [1.29, 1.82) is 0 Å². The van der Waals surface area contributed by atoms with Gasteiger partial charge in [-0.25, -0.2) is 4.98 Å². The molecule has 1 heterocycles. The molecule has 0 aliphatic heterocycles. The second-order valence-corrected chi connectivity index (χ2v) is 5.90. The van der Waals surface area contributed by atoms with Crippen LogP contribution in [0.3, 0.4) is 0 Å². The Morgan fingerprint density at radius 3 is 2.87 bits per heavy atom. The number of aromatic nitrogens is 1. The lowest BCUT2D eigenvalue weighted by molar-refractivity contribution is 1.34. The van der Waals surface area contributed by atoms with Crippen molar-refractivity contribution in [2.45, 2.75) is 6.92 Å². The Labute approximate surface area is 114 Å². The number of halogens is 2. The maximum atomic E-state index is 4.28. The molecule has 0 amide bonds. The molecule has 2 aromatic rings. The molecule has 0 bridgehead atoms. The summed E-state index contributed by atoms with van der Waals surface area (Å²) in [6, 6.07) is 6.28. The van der Waals surface area contributed by atoms with Gasteiger partial charge in [-0.15, -0.1) is 11.3 Å². The lowest BCUT2D eigenvalue weighted by Gasteiger charge is -2.04. The molecule has 0 saturated heterocycles. The van der Waals surface area contributed by atoms with Crippen LogP contribution >= 0.6 is 49.9 Å². The second kappa shape index (κ2) is 4.80. The molecule has 1 aromatic heterocycles. The number of nitrogens with zero attached hydrogens (tertiary/aromatic N) is 1. The Morgan fingerprint density at radius 2 is 2.27 bits per heavy atom. The van der Waals surface area contributed by atoms with Gasteiger partial charge < -0.3 is 5.32 Å². The second-order valence-electron chi connectivity index (χ2n) is 3.06. The van der Waals surface area contributed by atoms with Crippen molar-refractivity contribution in [2.75, 3.05) is 5.32 Å². The maximum Gasteiger partial charge on any atom is 0.188 e. The van der Waals surface area contributed by atoms with Gasteiger partial charge in [0.05, 0.1) is 0 Å². The maximum absolute atomic E-state index is 4.28. The van der Waals surface area contributed by atoms with Crippen LogP contribution in [0.1, 0.15) is 5.56 Å². The van der Waals surface area contributed by atoms with Gasteiger partial charge in [0.15, 0.2) is 5.13 Å². The van der Waals surface area contributed by atoms with Crippen molar-refractivity contribution >= 4 is 60.7 Å². The first kappa shape index (κ1) is 11.3. The molecular weight excluding hydrogens is 387 g/mol. The first-order valence-electron chi connectivity index (χ1n) is 4.29. The average Bonchev–Trinajstić information content (AvgIpc) is 2.58. The van der Waals surface area contributed by atoms with Crippen LogP contribution in [0.15, 0.2) is 28.2 Å². The number of hydrogen-bond donors (Lipinski definition) is 1. The minimum Gasteiger partial charge on any atom is -0.331 e. The number of thiazole rings is 1. The van der Waals surface area contributed by atoms with Gasteiger partial charge in [0.2, 0.25) is 0 Å². The monoisotopic (exact) mass is 394 g/mol. The Balaban J connectivity index is 2.21. The Kier molecular flexibility index (Phi) is 3.63.